The van der Waals surface area contributed by atoms with Gasteiger partial charge in [-0.15, -0.1) is 0 Å². The summed E-state index contributed by atoms with van der Waals surface area (Å²) in [5.41, 5.74) is 1.11. The van der Waals surface area contributed by atoms with Gasteiger partial charge >= 0.3 is 0 Å². The van der Waals surface area contributed by atoms with E-state index in [1.165, 1.54) is 24.9 Å². The van der Waals surface area contributed by atoms with Crippen molar-refractivity contribution in [3.63, 3.8) is 0 Å². The van der Waals surface area contributed by atoms with Crippen molar-refractivity contribution in [3.8, 4) is 11.5 Å². The van der Waals surface area contributed by atoms with E-state index in [0.29, 0.717) is 28.8 Å². The first-order valence-electron chi connectivity index (χ1n) is 9.30. The van der Waals surface area contributed by atoms with Crippen molar-refractivity contribution in [2.24, 2.45) is 0 Å². The Hall–Kier alpha value is -2.48. The number of benzene rings is 1. The van der Waals surface area contributed by atoms with E-state index in [1.807, 2.05) is 6.92 Å². The molecule has 1 aromatic heterocycles. The van der Waals surface area contributed by atoms with Crippen molar-refractivity contribution in [3.05, 3.63) is 40.3 Å². The average molecular weight is 406 g/mol. The van der Waals surface area contributed by atoms with Gasteiger partial charge in [0.05, 0.1) is 25.2 Å². The van der Waals surface area contributed by atoms with Crippen molar-refractivity contribution in [1.29, 1.82) is 0 Å². The summed E-state index contributed by atoms with van der Waals surface area (Å²) >= 11 is 1.25. The number of hydrogen-bond acceptors (Lipinski definition) is 6. The number of ether oxygens (including phenoxy) is 2. The van der Waals surface area contributed by atoms with Crippen molar-refractivity contribution < 1.29 is 14.3 Å². The predicted molar refractivity (Wildman–Crippen MR) is 112 cm³/mol. The summed E-state index contributed by atoms with van der Waals surface area (Å²) in [5, 5.41) is 2.94. The van der Waals surface area contributed by atoms with Crippen molar-refractivity contribution in [2.75, 3.05) is 19.5 Å². The van der Waals surface area contributed by atoms with E-state index in [0.717, 1.165) is 25.0 Å². The van der Waals surface area contributed by atoms with E-state index in [1.54, 1.807) is 25.3 Å². The molecule has 0 saturated heterocycles. The Balaban J connectivity index is 2.14. The Morgan fingerprint density at radius 3 is 2.68 bits per heavy atom. The number of rotatable bonds is 10. The highest BCUT2D eigenvalue weighted by atomic mass is 32.2. The Labute approximate surface area is 169 Å². The number of carbonyl (C=O) groups excluding carboxylic acids is 1. The second-order valence-electron chi connectivity index (χ2n) is 6.22. The van der Waals surface area contributed by atoms with Crippen LogP contribution >= 0.6 is 11.8 Å². The quantitative estimate of drug-likeness (QED) is 0.463. The zero-order chi connectivity index (χ0) is 20.5. The number of amides is 1. The van der Waals surface area contributed by atoms with Crippen LogP contribution < -0.4 is 20.3 Å². The first-order valence-corrected chi connectivity index (χ1v) is 10.2. The molecule has 0 saturated carbocycles. The molecule has 152 valence electrons. The van der Waals surface area contributed by atoms with Crippen LogP contribution in [0.5, 0.6) is 11.5 Å². The number of carbonyl (C=O) groups is 1. The lowest BCUT2D eigenvalue weighted by Crippen LogP contribution is -2.25. The van der Waals surface area contributed by atoms with Gasteiger partial charge in [0.1, 0.15) is 11.5 Å². The molecule has 2 rings (SSSR count). The van der Waals surface area contributed by atoms with Crippen LogP contribution in [0, 0.1) is 0 Å². The molecule has 2 N–H and O–H groups in total. The zero-order valence-corrected chi connectivity index (χ0v) is 17.5. The van der Waals surface area contributed by atoms with E-state index >= 15 is 0 Å². The van der Waals surface area contributed by atoms with Crippen molar-refractivity contribution in [1.82, 2.24) is 9.97 Å². The molecule has 1 amide bonds. The summed E-state index contributed by atoms with van der Waals surface area (Å²) in [4.78, 5) is 31.9. The van der Waals surface area contributed by atoms with Crippen LogP contribution in [0.3, 0.4) is 0 Å². The minimum absolute atomic E-state index is 0.183. The van der Waals surface area contributed by atoms with Crippen LogP contribution in [0.15, 0.2) is 34.2 Å². The van der Waals surface area contributed by atoms with E-state index in [2.05, 4.69) is 22.2 Å². The monoisotopic (exact) mass is 405 g/mol. The number of thioether (sulfide) groups is 1. The average Bonchev–Trinajstić information content (AvgIpc) is 2.70. The number of unbranched alkanes of at least 4 members (excludes halogenated alkanes) is 1. The van der Waals surface area contributed by atoms with Crippen molar-refractivity contribution >= 4 is 23.4 Å². The van der Waals surface area contributed by atoms with Crippen LogP contribution in [-0.2, 0) is 11.2 Å². The van der Waals surface area contributed by atoms with Crippen molar-refractivity contribution in [2.45, 2.75) is 49.9 Å². The lowest BCUT2D eigenvalue weighted by Gasteiger charge is -2.16. The Morgan fingerprint density at radius 1 is 1.25 bits per heavy atom. The Kier molecular flexibility index (Phi) is 8.38. The maximum absolute atomic E-state index is 12.8. The molecule has 1 atom stereocenters. The maximum atomic E-state index is 12.8. The van der Waals surface area contributed by atoms with Gasteiger partial charge in [-0.2, -0.15) is 0 Å². The van der Waals surface area contributed by atoms with Gasteiger partial charge in [0, 0.05) is 17.8 Å². The van der Waals surface area contributed by atoms with Gasteiger partial charge < -0.3 is 19.8 Å². The van der Waals surface area contributed by atoms with Crippen LogP contribution in [0.25, 0.3) is 0 Å². The molecule has 0 bridgehead atoms. The van der Waals surface area contributed by atoms with Gasteiger partial charge in [-0.3, -0.25) is 9.59 Å². The number of methoxy groups -OCH3 is 2. The number of nitrogens with one attached hydrogen (secondary N) is 2. The highest BCUT2D eigenvalue weighted by Crippen LogP contribution is 2.30. The summed E-state index contributed by atoms with van der Waals surface area (Å²) in [6.45, 7) is 4.01. The number of aryl methyl sites for hydroxylation is 1. The number of aromatic nitrogens is 2. The van der Waals surface area contributed by atoms with Crippen LogP contribution in [0.2, 0.25) is 0 Å². The molecule has 0 aliphatic heterocycles. The molecule has 7 nitrogen and oxygen atoms in total. The molecule has 0 radical (unpaired) electrons. The normalized spacial score (nSPS) is 11.7. The molecule has 1 unspecified atom stereocenters. The van der Waals surface area contributed by atoms with E-state index in [9.17, 15) is 9.59 Å². The fourth-order valence-corrected chi connectivity index (χ4v) is 3.53. The number of hydrogen-bond donors (Lipinski definition) is 2. The summed E-state index contributed by atoms with van der Waals surface area (Å²) in [7, 11) is 3.10. The summed E-state index contributed by atoms with van der Waals surface area (Å²) in [6, 6.07) is 6.71. The molecule has 0 aliphatic carbocycles. The topological polar surface area (TPSA) is 93.3 Å². The molecule has 0 fully saturated rings. The Morgan fingerprint density at radius 2 is 2.04 bits per heavy atom. The molecule has 2 aromatic rings. The van der Waals surface area contributed by atoms with Gasteiger partial charge in [-0.05, 0) is 31.4 Å². The molecule has 8 heteroatoms. The SMILES string of the molecule is CCCCc1cc(=O)[nH]c(SC(CC)C(=O)Nc2ccc(OC)cc2OC)n1. The van der Waals surface area contributed by atoms with E-state index in [4.69, 9.17) is 9.47 Å². The lowest BCUT2D eigenvalue weighted by molar-refractivity contribution is -0.115. The predicted octanol–water partition coefficient (Wildman–Crippen LogP) is 3.64. The number of H-pyrrole nitrogens is 1. The summed E-state index contributed by atoms with van der Waals surface area (Å²) < 4.78 is 10.5. The molecule has 1 heterocycles. The fourth-order valence-electron chi connectivity index (χ4n) is 2.60. The van der Waals surface area contributed by atoms with Gasteiger partial charge in [0.25, 0.3) is 5.56 Å². The fraction of sp³-hybridized carbons (Fsp3) is 0.450. The minimum Gasteiger partial charge on any atom is -0.497 e. The van der Waals surface area contributed by atoms with Gasteiger partial charge in [-0.25, -0.2) is 4.98 Å². The standard InChI is InChI=1S/C20H27N3O4S/c1-5-7-8-13-11-18(24)23-20(21-13)28-17(6-2)19(25)22-15-10-9-14(26-3)12-16(15)27-4/h9-12,17H,5-8H2,1-4H3,(H,22,25)(H,21,23,24). The molecule has 0 spiro atoms. The van der Waals surface area contributed by atoms with Gasteiger partial charge in [-0.1, -0.05) is 32.0 Å². The summed E-state index contributed by atoms with van der Waals surface area (Å²) in [6.07, 6.45) is 3.33. The molecular weight excluding hydrogens is 378 g/mol. The van der Waals surface area contributed by atoms with Gasteiger partial charge in [0.2, 0.25) is 5.91 Å². The van der Waals surface area contributed by atoms with Crippen LogP contribution in [-0.4, -0.2) is 35.3 Å². The second kappa shape index (κ2) is 10.8. The number of nitrogens with zero attached hydrogens (tertiary/aromatic N) is 1. The highest BCUT2D eigenvalue weighted by Gasteiger charge is 2.21. The lowest BCUT2D eigenvalue weighted by atomic mass is 10.2. The number of anilines is 1. The summed E-state index contributed by atoms with van der Waals surface area (Å²) in [5.74, 6) is 0.972. The zero-order valence-electron chi connectivity index (χ0n) is 16.7. The number of aromatic amines is 1. The minimum atomic E-state index is -0.406. The van der Waals surface area contributed by atoms with E-state index < -0.39 is 5.25 Å². The van der Waals surface area contributed by atoms with E-state index in [-0.39, 0.29) is 11.5 Å². The maximum Gasteiger partial charge on any atom is 0.251 e. The first kappa shape index (κ1) is 21.8. The Bertz CT molecular complexity index is 854. The smallest absolute Gasteiger partial charge is 0.251 e. The van der Waals surface area contributed by atoms with Crippen LogP contribution in [0.4, 0.5) is 5.69 Å². The van der Waals surface area contributed by atoms with Crippen LogP contribution in [0.1, 0.15) is 38.8 Å². The highest BCUT2D eigenvalue weighted by molar-refractivity contribution is 8.00. The van der Waals surface area contributed by atoms with Gasteiger partial charge in [0.15, 0.2) is 5.16 Å². The third-order valence-corrected chi connectivity index (χ3v) is 5.39. The molecule has 28 heavy (non-hydrogen) atoms. The molecule has 1 aromatic carbocycles. The molecular formula is C20H27N3O4S. The third-order valence-electron chi connectivity index (χ3n) is 4.14. The second-order valence-corrected chi connectivity index (χ2v) is 7.41. The first-order chi connectivity index (χ1) is 13.5. The largest absolute Gasteiger partial charge is 0.497 e. The third kappa shape index (κ3) is 6.02. The molecule has 0 aliphatic rings.